The number of ether oxygens (including phenoxy) is 1. The summed E-state index contributed by atoms with van der Waals surface area (Å²) in [6.45, 7) is 11.1. The molecule has 1 unspecified atom stereocenters. The van der Waals surface area contributed by atoms with Crippen LogP contribution in [-0.2, 0) is 9.59 Å². The molecule has 26 heavy (non-hydrogen) atoms. The second-order valence-electron chi connectivity index (χ2n) is 7.72. The van der Waals surface area contributed by atoms with E-state index in [2.05, 4.69) is 19.2 Å². The summed E-state index contributed by atoms with van der Waals surface area (Å²) in [4.78, 5) is 26.4. The molecule has 1 aliphatic heterocycles. The van der Waals surface area contributed by atoms with Crippen molar-refractivity contribution in [2.75, 3.05) is 13.1 Å². The molecule has 0 spiro atoms. The number of likely N-dealkylation sites (tertiary alicyclic amines) is 1. The Balaban J connectivity index is 1.89. The van der Waals surface area contributed by atoms with Gasteiger partial charge in [0.05, 0.1) is 0 Å². The van der Waals surface area contributed by atoms with Gasteiger partial charge in [0, 0.05) is 25.0 Å². The summed E-state index contributed by atoms with van der Waals surface area (Å²) >= 11 is 0. The molecule has 2 rings (SSSR count). The lowest BCUT2D eigenvalue weighted by molar-refractivity contribution is -0.139. The molecule has 2 amide bonds. The first kappa shape index (κ1) is 20.3. The number of carbonyl (C=O) groups is 2. The third-order valence-corrected chi connectivity index (χ3v) is 4.87. The average Bonchev–Trinajstić information content (AvgIpc) is 2.61. The summed E-state index contributed by atoms with van der Waals surface area (Å²) in [7, 11) is 0. The second-order valence-corrected chi connectivity index (χ2v) is 7.72. The minimum Gasteiger partial charge on any atom is -0.481 e. The van der Waals surface area contributed by atoms with E-state index in [1.54, 1.807) is 0 Å². The maximum atomic E-state index is 12.7. The zero-order chi connectivity index (χ0) is 19.3. The smallest absolute Gasteiger partial charge is 0.263 e. The Kier molecular flexibility index (Phi) is 7.06. The second kappa shape index (κ2) is 9.06. The fourth-order valence-electron chi connectivity index (χ4n) is 3.17. The van der Waals surface area contributed by atoms with Crippen LogP contribution in [0.3, 0.4) is 0 Å². The highest BCUT2D eigenvalue weighted by atomic mass is 16.5. The van der Waals surface area contributed by atoms with E-state index in [1.165, 1.54) is 0 Å². The van der Waals surface area contributed by atoms with E-state index >= 15 is 0 Å². The lowest BCUT2D eigenvalue weighted by Gasteiger charge is -2.34. The first-order valence-electron chi connectivity index (χ1n) is 9.64. The van der Waals surface area contributed by atoms with Crippen LogP contribution in [0.1, 0.15) is 58.9 Å². The molecular weight excluding hydrogens is 328 g/mol. The quantitative estimate of drug-likeness (QED) is 0.846. The Bertz CT molecular complexity index is 619. The molecule has 0 saturated carbocycles. The first-order chi connectivity index (χ1) is 12.3. The van der Waals surface area contributed by atoms with Crippen molar-refractivity contribution in [3.63, 3.8) is 0 Å². The number of benzene rings is 1. The Morgan fingerprint density at radius 3 is 2.27 bits per heavy atom. The van der Waals surface area contributed by atoms with Gasteiger partial charge in [0.15, 0.2) is 6.10 Å². The normalized spacial score (nSPS) is 16.7. The standard InChI is InChI=1S/C21H32N2O3/c1-14(2)18-8-6-7-9-19(18)26-16(5)21(25)23-12-10-17(11-13-23)22-20(24)15(3)4/h6-9,14-17H,10-13H2,1-5H3,(H,22,24). The summed E-state index contributed by atoms with van der Waals surface area (Å²) in [5.74, 6) is 1.20. The molecule has 0 bridgehead atoms. The van der Waals surface area contributed by atoms with Crippen LogP contribution in [0.4, 0.5) is 0 Å². The predicted molar refractivity (Wildman–Crippen MR) is 103 cm³/mol. The number of hydrogen-bond donors (Lipinski definition) is 1. The van der Waals surface area contributed by atoms with Gasteiger partial charge in [-0.05, 0) is 37.3 Å². The zero-order valence-corrected chi connectivity index (χ0v) is 16.6. The number of nitrogens with zero attached hydrogens (tertiary/aromatic N) is 1. The van der Waals surface area contributed by atoms with Crippen molar-refractivity contribution >= 4 is 11.8 Å². The van der Waals surface area contributed by atoms with E-state index in [0.29, 0.717) is 19.0 Å². The Labute approximate surface area is 157 Å². The molecule has 1 aliphatic rings. The van der Waals surface area contributed by atoms with Crippen LogP contribution in [0.25, 0.3) is 0 Å². The summed E-state index contributed by atoms with van der Waals surface area (Å²) in [5, 5.41) is 3.06. The molecular formula is C21H32N2O3. The summed E-state index contributed by atoms with van der Waals surface area (Å²) in [6, 6.07) is 8.05. The topological polar surface area (TPSA) is 58.6 Å². The Hall–Kier alpha value is -2.04. The van der Waals surface area contributed by atoms with Crippen LogP contribution in [-0.4, -0.2) is 41.9 Å². The minimum atomic E-state index is -0.517. The molecule has 144 valence electrons. The molecule has 0 aromatic heterocycles. The summed E-state index contributed by atoms with van der Waals surface area (Å²) < 4.78 is 5.98. The monoisotopic (exact) mass is 360 g/mol. The molecule has 5 nitrogen and oxygen atoms in total. The van der Waals surface area contributed by atoms with Crippen molar-refractivity contribution in [1.29, 1.82) is 0 Å². The molecule has 1 heterocycles. The van der Waals surface area contributed by atoms with Crippen molar-refractivity contribution in [3.8, 4) is 5.75 Å². The summed E-state index contributed by atoms with van der Waals surface area (Å²) in [6.07, 6.45) is 1.07. The zero-order valence-electron chi connectivity index (χ0n) is 16.6. The first-order valence-corrected chi connectivity index (χ1v) is 9.64. The molecule has 1 aromatic carbocycles. The molecule has 1 fully saturated rings. The predicted octanol–water partition coefficient (Wildman–Crippen LogP) is 3.34. The molecule has 0 aliphatic carbocycles. The van der Waals surface area contributed by atoms with Crippen LogP contribution >= 0.6 is 0 Å². The molecule has 1 aromatic rings. The van der Waals surface area contributed by atoms with Gasteiger partial charge in [-0.3, -0.25) is 9.59 Å². The van der Waals surface area contributed by atoms with Crippen molar-refractivity contribution in [2.45, 2.75) is 65.5 Å². The summed E-state index contributed by atoms with van der Waals surface area (Å²) in [5.41, 5.74) is 1.11. The van der Waals surface area contributed by atoms with Crippen LogP contribution in [0, 0.1) is 5.92 Å². The van der Waals surface area contributed by atoms with Gasteiger partial charge < -0.3 is 15.0 Å². The molecule has 1 atom stereocenters. The third kappa shape index (κ3) is 5.23. The molecule has 0 radical (unpaired) electrons. The largest absolute Gasteiger partial charge is 0.481 e. The van der Waals surface area contributed by atoms with Gasteiger partial charge in [-0.25, -0.2) is 0 Å². The number of carbonyl (C=O) groups excluding carboxylic acids is 2. The highest BCUT2D eigenvalue weighted by molar-refractivity contribution is 5.81. The van der Waals surface area contributed by atoms with Crippen molar-refractivity contribution in [2.24, 2.45) is 5.92 Å². The Morgan fingerprint density at radius 1 is 1.08 bits per heavy atom. The van der Waals surface area contributed by atoms with Crippen LogP contribution in [0.15, 0.2) is 24.3 Å². The Morgan fingerprint density at radius 2 is 1.69 bits per heavy atom. The fraction of sp³-hybridized carbons (Fsp3) is 0.619. The number of amides is 2. The van der Waals surface area contributed by atoms with E-state index < -0.39 is 6.10 Å². The van der Waals surface area contributed by atoms with E-state index in [4.69, 9.17) is 4.74 Å². The van der Waals surface area contributed by atoms with Gasteiger partial charge in [-0.2, -0.15) is 0 Å². The van der Waals surface area contributed by atoms with Crippen LogP contribution < -0.4 is 10.1 Å². The third-order valence-electron chi connectivity index (χ3n) is 4.87. The van der Waals surface area contributed by atoms with Gasteiger partial charge in [0.1, 0.15) is 5.75 Å². The van der Waals surface area contributed by atoms with Crippen LogP contribution in [0.5, 0.6) is 5.75 Å². The fourth-order valence-corrected chi connectivity index (χ4v) is 3.17. The lowest BCUT2D eigenvalue weighted by Crippen LogP contribution is -2.50. The SMILES string of the molecule is CC(C)C(=O)NC1CCN(C(=O)C(C)Oc2ccccc2C(C)C)CC1. The number of para-hydroxylation sites is 1. The van der Waals surface area contributed by atoms with Crippen molar-refractivity contribution in [3.05, 3.63) is 29.8 Å². The molecule has 5 heteroatoms. The molecule has 1 saturated heterocycles. The molecule has 1 N–H and O–H groups in total. The number of nitrogens with one attached hydrogen (secondary N) is 1. The van der Waals surface area contributed by atoms with Gasteiger partial charge in [-0.1, -0.05) is 45.9 Å². The average molecular weight is 360 g/mol. The van der Waals surface area contributed by atoms with Gasteiger partial charge in [0.25, 0.3) is 5.91 Å². The highest BCUT2D eigenvalue weighted by Gasteiger charge is 2.28. The number of hydrogen-bond acceptors (Lipinski definition) is 3. The van der Waals surface area contributed by atoms with Crippen molar-refractivity contribution in [1.82, 2.24) is 10.2 Å². The van der Waals surface area contributed by atoms with E-state index in [0.717, 1.165) is 24.2 Å². The maximum Gasteiger partial charge on any atom is 0.263 e. The van der Waals surface area contributed by atoms with E-state index in [-0.39, 0.29) is 23.8 Å². The highest BCUT2D eigenvalue weighted by Crippen LogP contribution is 2.27. The number of rotatable bonds is 6. The maximum absolute atomic E-state index is 12.7. The minimum absolute atomic E-state index is 0.0101. The van der Waals surface area contributed by atoms with Gasteiger partial charge >= 0.3 is 0 Å². The van der Waals surface area contributed by atoms with Gasteiger partial charge in [0.2, 0.25) is 5.91 Å². The van der Waals surface area contributed by atoms with Crippen LogP contribution in [0.2, 0.25) is 0 Å². The van der Waals surface area contributed by atoms with Gasteiger partial charge in [-0.15, -0.1) is 0 Å². The number of piperidine rings is 1. The van der Waals surface area contributed by atoms with Crippen molar-refractivity contribution < 1.29 is 14.3 Å². The van der Waals surface area contributed by atoms with E-state index in [1.807, 2.05) is 49.9 Å². The lowest BCUT2D eigenvalue weighted by atomic mass is 10.0. The van der Waals surface area contributed by atoms with E-state index in [9.17, 15) is 9.59 Å².